The highest BCUT2D eigenvalue weighted by Crippen LogP contribution is 2.20. The van der Waals surface area contributed by atoms with Gasteiger partial charge in [-0.25, -0.2) is 19.0 Å². The van der Waals surface area contributed by atoms with Crippen molar-refractivity contribution < 1.29 is 4.39 Å². The predicted octanol–water partition coefficient (Wildman–Crippen LogP) is 3.71. The summed E-state index contributed by atoms with van der Waals surface area (Å²) in [5.74, 6) is -0.324. The maximum atomic E-state index is 14.0. The first kappa shape index (κ1) is 17.6. The van der Waals surface area contributed by atoms with E-state index in [-0.39, 0.29) is 23.3 Å². The Kier molecular flexibility index (Phi) is 4.96. The number of hydrogen-bond donors (Lipinski definition) is 1. The van der Waals surface area contributed by atoms with Gasteiger partial charge >= 0.3 is 5.16 Å². The van der Waals surface area contributed by atoms with Crippen LogP contribution in [0.4, 0.5) is 4.39 Å². The van der Waals surface area contributed by atoms with Crippen LogP contribution in [0.2, 0.25) is 0 Å². The summed E-state index contributed by atoms with van der Waals surface area (Å²) in [5, 5.41) is 5.20. The number of pyridine rings is 1. The van der Waals surface area contributed by atoms with Crippen LogP contribution in [0, 0.1) is 12.4 Å². The molecule has 0 saturated heterocycles. The van der Waals surface area contributed by atoms with Gasteiger partial charge in [-0.2, -0.15) is 5.10 Å². The van der Waals surface area contributed by atoms with Gasteiger partial charge in [0.2, 0.25) is 5.82 Å². The Morgan fingerprint density at radius 3 is 2.85 bits per heavy atom. The van der Waals surface area contributed by atoms with Gasteiger partial charge in [0.05, 0.1) is 12.3 Å². The van der Waals surface area contributed by atoms with Gasteiger partial charge in [0.15, 0.2) is 5.65 Å². The third-order valence-corrected chi connectivity index (χ3v) is 4.03. The topological polar surface area (TPSA) is 73.4 Å². The second-order valence-electron chi connectivity index (χ2n) is 5.47. The Morgan fingerprint density at radius 1 is 1.35 bits per heavy atom. The molecule has 0 amide bonds. The first-order chi connectivity index (χ1) is 12.5. The number of nitrogens with zero attached hydrogens (tertiary/aromatic N) is 5. The van der Waals surface area contributed by atoms with Gasteiger partial charge in [-0.1, -0.05) is 18.2 Å². The molecule has 0 aliphatic rings. The lowest BCUT2D eigenvalue weighted by Gasteiger charge is -2.04. The van der Waals surface area contributed by atoms with E-state index in [2.05, 4.69) is 19.9 Å². The van der Waals surface area contributed by atoms with Gasteiger partial charge in [0.25, 0.3) is 6.57 Å². The highest BCUT2D eigenvalue weighted by atomic mass is 35.5. The van der Waals surface area contributed by atoms with Crippen LogP contribution in [-0.2, 0) is 6.54 Å². The summed E-state index contributed by atoms with van der Waals surface area (Å²) in [5.41, 5.74) is 7.94. The third-order valence-electron chi connectivity index (χ3n) is 3.74. The number of aliphatic imine (C=N–C) groups is 1. The van der Waals surface area contributed by atoms with E-state index in [1.54, 1.807) is 42.1 Å². The summed E-state index contributed by atoms with van der Waals surface area (Å²) in [7, 11) is 0. The van der Waals surface area contributed by atoms with Crippen LogP contribution < -0.4 is 5.73 Å². The number of halogens is 2. The molecule has 0 saturated carbocycles. The minimum absolute atomic E-state index is 0.0210. The van der Waals surface area contributed by atoms with Crippen molar-refractivity contribution in [3.63, 3.8) is 0 Å². The second kappa shape index (κ2) is 7.33. The Balaban J connectivity index is 2.10. The number of nitrogens with two attached hydrogens (primary N) is 1. The van der Waals surface area contributed by atoms with Crippen molar-refractivity contribution in [2.75, 3.05) is 0 Å². The van der Waals surface area contributed by atoms with Crippen LogP contribution in [-0.4, -0.2) is 20.5 Å². The molecular weight excluding hydrogens is 355 g/mol. The molecule has 1 aromatic carbocycles. The van der Waals surface area contributed by atoms with Crippen molar-refractivity contribution in [2.45, 2.75) is 13.5 Å². The monoisotopic (exact) mass is 369 g/mol. The number of fused-ring (bicyclic) bond motifs is 1. The van der Waals surface area contributed by atoms with E-state index in [1.807, 2.05) is 6.07 Å². The number of aromatic nitrogens is 3. The highest BCUT2D eigenvalue weighted by Gasteiger charge is 2.16. The summed E-state index contributed by atoms with van der Waals surface area (Å²) in [6.07, 6.45) is 1.65. The van der Waals surface area contributed by atoms with Crippen LogP contribution in [0.3, 0.4) is 0 Å². The van der Waals surface area contributed by atoms with Crippen LogP contribution in [0.25, 0.3) is 15.9 Å². The molecule has 0 unspecified atom stereocenters. The van der Waals surface area contributed by atoms with E-state index < -0.39 is 0 Å². The molecule has 3 rings (SSSR count). The van der Waals surface area contributed by atoms with E-state index in [0.717, 1.165) is 5.39 Å². The van der Waals surface area contributed by atoms with Gasteiger partial charge in [0, 0.05) is 28.7 Å². The molecule has 2 heterocycles. The zero-order chi connectivity index (χ0) is 18.7. The lowest BCUT2D eigenvalue weighted by atomic mass is 10.2. The molecule has 0 aliphatic carbocycles. The van der Waals surface area contributed by atoms with E-state index in [9.17, 15) is 4.39 Å². The predicted molar refractivity (Wildman–Crippen MR) is 101 cm³/mol. The zero-order valence-corrected chi connectivity index (χ0v) is 14.7. The zero-order valence-electron chi connectivity index (χ0n) is 13.9. The molecule has 3 aromatic rings. The van der Waals surface area contributed by atoms with Crippen LogP contribution in [0.5, 0.6) is 0 Å². The fourth-order valence-corrected chi connectivity index (χ4v) is 2.56. The van der Waals surface area contributed by atoms with E-state index in [1.165, 1.54) is 6.07 Å². The molecule has 0 spiro atoms. The minimum Gasteiger partial charge on any atom is -0.376 e. The Labute approximate surface area is 154 Å². The normalized spacial score (nSPS) is 12.8. The number of hydrogen-bond acceptors (Lipinski definition) is 4. The van der Waals surface area contributed by atoms with Crippen molar-refractivity contribution in [2.24, 2.45) is 10.7 Å². The van der Waals surface area contributed by atoms with Gasteiger partial charge in [-0.3, -0.25) is 0 Å². The average molecular weight is 370 g/mol. The molecule has 0 fully saturated rings. The van der Waals surface area contributed by atoms with E-state index >= 15 is 0 Å². The molecule has 8 heteroatoms. The van der Waals surface area contributed by atoms with Crippen molar-refractivity contribution in [1.29, 1.82) is 0 Å². The van der Waals surface area contributed by atoms with Gasteiger partial charge < -0.3 is 5.73 Å². The molecule has 0 radical (unpaired) electrons. The van der Waals surface area contributed by atoms with Gasteiger partial charge in [-0.05, 0) is 30.0 Å². The Hall–Kier alpha value is -3.24. The fraction of sp³-hybridized carbons (Fsp3) is 0.111. The Morgan fingerprint density at radius 2 is 2.12 bits per heavy atom. The largest absolute Gasteiger partial charge is 0.450 e. The standard InChI is InChI=1S/C18H15ClFN6/c1-11(24-17(21)16(19)22-2)15-13-7-5-9-23-18(13)26(25-15)10-12-6-3-4-8-14(12)20/h2-9H,10,21H2,1H3/q+1/b17-16-,24-11+. The molecular formula is C18H15ClFN6+. The first-order valence-electron chi connectivity index (χ1n) is 7.68. The fourth-order valence-electron chi connectivity index (χ4n) is 2.52. The summed E-state index contributed by atoms with van der Waals surface area (Å²) in [4.78, 5) is 11.9. The number of rotatable bonds is 4. The van der Waals surface area contributed by atoms with Crippen molar-refractivity contribution in [3.8, 4) is 6.57 Å². The lowest BCUT2D eigenvalue weighted by molar-refractivity contribution is 0.589. The smallest absolute Gasteiger partial charge is 0.376 e. The lowest BCUT2D eigenvalue weighted by Crippen LogP contribution is -2.07. The highest BCUT2D eigenvalue weighted by molar-refractivity contribution is 6.31. The maximum absolute atomic E-state index is 14.0. The van der Waals surface area contributed by atoms with Crippen LogP contribution >= 0.6 is 11.6 Å². The summed E-state index contributed by atoms with van der Waals surface area (Å²) in [6.45, 7) is 7.07. The molecule has 2 aromatic heterocycles. The SMILES string of the molecule is C#[N+]/C(Cl)=C(N)\N=C(/C)c1nn(Cc2ccccc2F)c2ncccc12. The average Bonchev–Trinajstić information content (AvgIpc) is 3.01. The minimum atomic E-state index is -0.303. The molecule has 0 aliphatic heterocycles. The molecule has 0 atom stereocenters. The van der Waals surface area contributed by atoms with E-state index in [4.69, 9.17) is 23.9 Å². The summed E-state index contributed by atoms with van der Waals surface area (Å²) < 4.78 is 15.6. The van der Waals surface area contributed by atoms with Crippen molar-refractivity contribution in [1.82, 2.24) is 14.8 Å². The van der Waals surface area contributed by atoms with Crippen molar-refractivity contribution >= 4 is 28.3 Å². The molecule has 6 nitrogen and oxygen atoms in total. The summed E-state index contributed by atoms with van der Waals surface area (Å²) >= 11 is 5.77. The van der Waals surface area contributed by atoms with E-state index in [0.29, 0.717) is 22.6 Å². The quantitative estimate of drug-likeness (QED) is 0.562. The third kappa shape index (κ3) is 3.41. The molecule has 26 heavy (non-hydrogen) atoms. The van der Waals surface area contributed by atoms with Gasteiger partial charge in [0.1, 0.15) is 11.5 Å². The van der Waals surface area contributed by atoms with Crippen LogP contribution in [0.1, 0.15) is 18.2 Å². The molecule has 0 bridgehead atoms. The Bertz CT molecular complexity index is 1080. The summed E-state index contributed by atoms with van der Waals surface area (Å²) in [6, 6.07) is 10.2. The first-order valence-corrected chi connectivity index (χ1v) is 8.06. The van der Waals surface area contributed by atoms with Crippen molar-refractivity contribution in [3.05, 3.63) is 75.5 Å². The molecule has 2 N–H and O–H groups in total. The molecule has 130 valence electrons. The van der Waals surface area contributed by atoms with Crippen LogP contribution in [0.15, 0.2) is 58.6 Å². The van der Waals surface area contributed by atoms with Gasteiger partial charge in [-0.15, -0.1) is 0 Å². The second-order valence-corrected chi connectivity index (χ2v) is 5.83. The number of benzene rings is 1. The maximum Gasteiger partial charge on any atom is 0.450 e.